The molecule has 0 atom stereocenters. The van der Waals surface area contributed by atoms with Crippen molar-refractivity contribution in [3.05, 3.63) is 46.6 Å². The van der Waals surface area contributed by atoms with Crippen LogP contribution in [0.3, 0.4) is 0 Å². The van der Waals surface area contributed by atoms with E-state index in [2.05, 4.69) is 10.2 Å². The average molecular weight is 303 g/mol. The van der Waals surface area contributed by atoms with Gasteiger partial charge in [0.1, 0.15) is 17.7 Å². The summed E-state index contributed by atoms with van der Waals surface area (Å²) >= 11 is 1.51. The Hall–Kier alpha value is -2.28. The quantitative estimate of drug-likeness (QED) is 0.589. The highest BCUT2D eigenvalue weighted by Gasteiger charge is 2.09. The molecule has 3 aromatic rings. The topological polar surface area (TPSA) is 81.2 Å². The minimum absolute atomic E-state index is 0.0705. The maximum absolute atomic E-state index is 11.6. The second-order valence-electron chi connectivity index (χ2n) is 4.46. The largest absolute Gasteiger partial charge is 0.508 e. The number of hydrogen-bond acceptors (Lipinski definition) is 6. The first kappa shape index (κ1) is 13.7. The number of phenolic OH excluding ortho intramolecular Hbond substituents is 1. The fourth-order valence-electron chi connectivity index (χ4n) is 2.05. The lowest BCUT2D eigenvalue weighted by Crippen LogP contribution is -2.00. The second kappa shape index (κ2) is 5.61. The molecule has 3 rings (SSSR count). The maximum atomic E-state index is 11.6. The average Bonchev–Trinajstić information content (AvgIpc) is 2.91. The Balaban J connectivity index is 1.95. The van der Waals surface area contributed by atoms with E-state index in [0.717, 1.165) is 22.7 Å². The van der Waals surface area contributed by atoms with Crippen LogP contribution in [0.1, 0.15) is 12.5 Å². The molecule has 0 radical (unpaired) electrons. The van der Waals surface area contributed by atoms with Crippen molar-refractivity contribution in [3.63, 3.8) is 0 Å². The summed E-state index contributed by atoms with van der Waals surface area (Å²) < 4.78 is 7.04. The summed E-state index contributed by atoms with van der Waals surface area (Å²) in [7, 11) is 0. The molecular formula is C14H13N3O3S. The third-order valence-electron chi connectivity index (χ3n) is 3.09. The van der Waals surface area contributed by atoms with E-state index < -0.39 is 5.63 Å². The van der Waals surface area contributed by atoms with Gasteiger partial charge in [0, 0.05) is 29.8 Å². The molecule has 0 aliphatic heterocycles. The van der Waals surface area contributed by atoms with E-state index in [4.69, 9.17) is 4.42 Å². The number of thioether (sulfide) groups is 1. The van der Waals surface area contributed by atoms with Gasteiger partial charge in [0.05, 0.1) is 0 Å². The molecule has 0 aliphatic carbocycles. The zero-order valence-electron chi connectivity index (χ0n) is 11.3. The van der Waals surface area contributed by atoms with Gasteiger partial charge in [-0.15, -0.1) is 10.2 Å². The number of phenols is 1. The number of fused-ring (bicyclic) bond motifs is 1. The Bertz CT molecular complexity index is 841. The number of hydrogen-bond donors (Lipinski definition) is 1. The van der Waals surface area contributed by atoms with Crippen molar-refractivity contribution in [2.75, 3.05) is 0 Å². The molecule has 0 fully saturated rings. The molecule has 0 unspecified atom stereocenters. The first-order valence-electron chi connectivity index (χ1n) is 6.43. The van der Waals surface area contributed by atoms with Gasteiger partial charge in [-0.2, -0.15) is 0 Å². The monoisotopic (exact) mass is 303 g/mol. The summed E-state index contributed by atoms with van der Waals surface area (Å²) in [5.41, 5.74) is 0.799. The van der Waals surface area contributed by atoms with Gasteiger partial charge in [0.25, 0.3) is 0 Å². The van der Waals surface area contributed by atoms with Crippen molar-refractivity contribution < 1.29 is 9.52 Å². The van der Waals surface area contributed by atoms with Crippen molar-refractivity contribution in [2.24, 2.45) is 0 Å². The van der Waals surface area contributed by atoms with Crippen molar-refractivity contribution in [1.82, 2.24) is 14.8 Å². The highest BCUT2D eigenvalue weighted by molar-refractivity contribution is 7.98. The van der Waals surface area contributed by atoms with Gasteiger partial charge in [-0.05, 0) is 24.6 Å². The molecule has 6 nitrogen and oxygen atoms in total. The maximum Gasteiger partial charge on any atom is 0.336 e. The van der Waals surface area contributed by atoms with Crippen molar-refractivity contribution in [2.45, 2.75) is 24.4 Å². The molecule has 2 aromatic heterocycles. The Kier molecular flexibility index (Phi) is 3.66. The second-order valence-corrected chi connectivity index (χ2v) is 5.40. The van der Waals surface area contributed by atoms with Crippen LogP contribution in [0, 0.1) is 0 Å². The molecule has 0 spiro atoms. The minimum Gasteiger partial charge on any atom is -0.508 e. The first-order chi connectivity index (χ1) is 10.2. The zero-order chi connectivity index (χ0) is 14.8. The van der Waals surface area contributed by atoms with Gasteiger partial charge in [-0.25, -0.2) is 4.79 Å². The van der Waals surface area contributed by atoms with E-state index >= 15 is 0 Å². The Morgan fingerprint density at radius 3 is 3.05 bits per heavy atom. The summed E-state index contributed by atoms with van der Waals surface area (Å²) in [5.74, 6) is 0.646. The number of aromatic hydroxyl groups is 1. The van der Waals surface area contributed by atoms with Gasteiger partial charge < -0.3 is 14.1 Å². The molecule has 0 amide bonds. The zero-order valence-corrected chi connectivity index (χ0v) is 12.1. The number of rotatable bonds is 4. The number of aryl methyl sites for hydroxylation is 1. The fraction of sp³-hybridized carbons (Fsp3) is 0.214. The molecule has 1 N–H and O–H groups in total. The smallest absolute Gasteiger partial charge is 0.336 e. The van der Waals surface area contributed by atoms with Crippen LogP contribution in [-0.2, 0) is 12.3 Å². The molecule has 108 valence electrons. The van der Waals surface area contributed by atoms with Gasteiger partial charge in [0.2, 0.25) is 0 Å². The van der Waals surface area contributed by atoms with E-state index in [1.54, 1.807) is 18.5 Å². The van der Waals surface area contributed by atoms with Gasteiger partial charge in [-0.1, -0.05) is 11.8 Å². The van der Waals surface area contributed by atoms with E-state index in [0.29, 0.717) is 11.3 Å². The summed E-state index contributed by atoms with van der Waals surface area (Å²) in [6.07, 6.45) is 1.68. The van der Waals surface area contributed by atoms with Gasteiger partial charge in [0.15, 0.2) is 5.16 Å². The standard InChI is InChI=1S/C14H13N3O3S/c1-2-17-8-15-16-14(17)21-7-9-5-13(19)20-12-6-10(18)3-4-11(9)12/h3-6,8,18H,2,7H2,1H3. The van der Waals surface area contributed by atoms with Crippen LogP contribution >= 0.6 is 11.8 Å². The number of benzene rings is 1. The highest BCUT2D eigenvalue weighted by Crippen LogP contribution is 2.27. The van der Waals surface area contributed by atoms with Crippen molar-refractivity contribution in [3.8, 4) is 5.75 Å². The third-order valence-corrected chi connectivity index (χ3v) is 4.12. The predicted molar refractivity (Wildman–Crippen MR) is 79.4 cm³/mol. The van der Waals surface area contributed by atoms with Crippen LogP contribution in [0.2, 0.25) is 0 Å². The van der Waals surface area contributed by atoms with Crippen LogP contribution in [0.5, 0.6) is 5.75 Å². The normalized spacial score (nSPS) is 11.1. The first-order valence-corrected chi connectivity index (χ1v) is 7.42. The van der Waals surface area contributed by atoms with Crippen LogP contribution in [0.15, 0.2) is 45.0 Å². The van der Waals surface area contributed by atoms with Crippen LogP contribution in [0.25, 0.3) is 11.0 Å². The predicted octanol–water partition coefficient (Wildman–Crippen LogP) is 2.40. The lowest BCUT2D eigenvalue weighted by molar-refractivity contribution is 0.473. The SMILES string of the molecule is CCn1cnnc1SCc1cc(=O)oc2cc(O)ccc12. The molecule has 0 bridgehead atoms. The minimum atomic E-state index is -0.430. The van der Waals surface area contributed by atoms with Crippen molar-refractivity contribution in [1.29, 1.82) is 0 Å². The summed E-state index contributed by atoms with van der Waals surface area (Å²) in [5, 5.41) is 19.0. The molecule has 2 heterocycles. The Morgan fingerprint density at radius 2 is 2.24 bits per heavy atom. The molecule has 0 saturated carbocycles. The van der Waals surface area contributed by atoms with E-state index in [9.17, 15) is 9.90 Å². The van der Waals surface area contributed by atoms with Crippen molar-refractivity contribution >= 4 is 22.7 Å². The summed E-state index contributed by atoms with van der Waals surface area (Å²) in [6, 6.07) is 6.23. The molecule has 21 heavy (non-hydrogen) atoms. The van der Waals surface area contributed by atoms with E-state index in [1.165, 1.54) is 23.9 Å². The highest BCUT2D eigenvalue weighted by atomic mass is 32.2. The molecular weight excluding hydrogens is 290 g/mol. The van der Waals surface area contributed by atoms with Gasteiger partial charge >= 0.3 is 5.63 Å². The van der Waals surface area contributed by atoms with Crippen LogP contribution < -0.4 is 5.63 Å². The molecule has 0 saturated heterocycles. The van der Waals surface area contributed by atoms with E-state index in [-0.39, 0.29) is 5.75 Å². The molecule has 7 heteroatoms. The lowest BCUT2D eigenvalue weighted by Gasteiger charge is -2.06. The lowest BCUT2D eigenvalue weighted by atomic mass is 10.1. The number of aromatic nitrogens is 3. The Morgan fingerprint density at radius 1 is 1.38 bits per heavy atom. The Labute approximate surface area is 124 Å². The van der Waals surface area contributed by atoms with Crippen LogP contribution in [0.4, 0.5) is 0 Å². The summed E-state index contributed by atoms with van der Waals surface area (Å²) in [4.78, 5) is 11.6. The van der Waals surface area contributed by atoms with Gasteiger partial charge in [-0.3, -0.25) is 0 Å². The molecule has 0 aliphatic rings. The summed E-state index contributed by atoms with van der Waals surface area (Å²) in [6.45, 7) is 2.81. The van der Waals surface area contributed by atoms with Crippen LogP contribution in [-0.4, -0.2) is 19.9 Å². The molecule has 1 aromatic carbocycles. The fourth-order valence-corrected chi connectivity index (χ4v) is 3.02. The third kappa shape index (κ3) is 2.78. The number of nitrogens with zero attached hydrogens (tertiary/aromatic N) is 3. The van der Waals surface area contributed by atoms with E-state index in [1.807, 2.05) is 11.5 Å².